The van der Waals surface area contributed by atoms with Crippen LogP contribution in [-0.2, 0) is 28.9 Å². The summed E-state index contributed by atoms with van der Waals surface area (Å²) in [5.41, 5.74) is 1.65. The maximum atomic E-state index is 12.8. The van der Waals surface area contributed by atoms with E-state index in [1.165, 1.54) is 24.8 Å². The zero-order valence-electron chi connectivity index (χ0n) is 18.2. The number of thiophene rings is 1. The predicted molar refractivity (Wildman–Crippen MR) is 121 cm³/mol. The molecule has 3 heterocycles. The van der Waals surface area contributed by atoms with Crippen molar-refractivity contribution in [3.05, 3.63) is 40.2 Å². The molecule has 1 saturated heterocycles. The van der Waals surface area contributed by atoms with Gasteiger partial charge in [-0.25, -0.2) is 4.79 Å². The first-order valence-corrected chi connectivity index (χ1v) is 12.0. The van der Waals surface area contributed by atoms with E-state index >= 15 is 0 Å². The van der Waals surface area contributed by atoms with E-state index in [1.807, 2.05) is 12.1 Å². The molecule has 0 atom stereocenters. The lowest BCUT2D eigenvalue weighted by molar-refractivity contribution is -0.117. The maximum absolute atomic E-state index is 12.8. The van der Waals surface area contributed by atoms with Crippen LogP contribution in [0.2, 0.25) is 0 Å². The molecule has 1 amide bonds. The number of carbonyl (C=O) groups is 2. The minimum Gasteiger partial charge on any atom is -0.468 e. The number of aryl methyl sites for hydroxylation is 1. The number of carbonyl (C=O) groups excluding carboxylic acids is 2. The number of esters is 1. The first-order chi connectivity index (χ1) is 15.1. The summed E-state index contributed by atoms with van der Waals surface area (Å²) in [6.07, 6.45) is 8.15. The van der Waals surface area contributed by atoms with Crippen LogP contribution in [0.25, 0.3) is 0 Å². The van der Waals surface area contributed by atoms with Crippen LogP contribution in [-0.4, -0.2) is 61.5 Å². The van der Waals surface area contributed by atoms with E-state index in [-0.39, 0.29) is 11.9 Å². The summed E-state index contributed by atoms with van der Waals surface area (Å²) in [6.45, 7) is 4.59. The van der Waals surface area contributed by atoms with Crippen molar-refractivity contribution in [3.8, 4) is 0 Å². The Kier molecular flexibility index (Phi) is 7.42. The third-order valence-electron chi connectivity index (χ3n) is 6.11. The fourth-order valence-corrected chi connectivity index (χ4v) is 5.72. The summed E-state index contributed by atoms with van der Waals surface area (Å²) in [7, 11) is 1.41. The number of nitrogens with zero attached hydrogens (tertiary/aromatic N) is 2. The van der Waals surface area contributed by atoms with Gasteiger partial charge in [-0.2, -0.15) is 0 Å². The fourth-order valence-electron chi connectivity index (χ4n) is 4.42. The molecule has 1 aliphatic heterocycles. The van der Waals surface area contributed by atoms with Crippen molar-refractivity contribution >= 4 is 28.2 Å². The third kappa shape index (κ3) is 5.56. The lowest BCUT2D eigenvalue weighted by Gasteiger charge is -2.33. The zero-order chi connectivity index (χ0) is 21.6. The van der Waals surface area contributed by atoms with Crippen molar-refractivity contribution in [3.63, 3.8) is 0 Å². The minimum atomic E-state index is -0.347. The summed E-state index contributed by atoms with van der Waals surface area (Å²) in [5.74, 6) is 0.550. The molecular weight excluding hydrogens is 414 g/mol. The maximum Gasteiger partial charge on any atom is 0.341 e. The van der Waals surface area contributed by atoms with Gasteiger partial charge >= 0.3 is 5.97 Å². The highest BCUT2D eigenvalue weighted by Gasteiger charge is 2.27. The Morgan fingerprint density at radius 3 is 2.55 bits per heavy atom. The number of fused-ring (bicyclic) bond motifs is 1. The Hall–Kier alpha value is -2.16. The van der Waals surface area contributed by atoms with Crippen LogP contribution in [0.1, 0.15) is 52.2 Å². The molecule has 1 N–H and O–H groups in total. The first-order valence-electron chi connectivity index (χ1n) is 11.1. The summed E-state index contributed by atoms with van der Waals surface area (Å²) >= 11 is 1.55. The van der Waals surface area contributed by atoms with Crippen LogP contribution in [0.15, 0.2) is 22.8 Å². The summed E-state index contributed by atoms with van der Waals surface area (Å²) in [6, 6.07) is 3.90. The summed E-state index contributed by atoms with van der Waals surface area (Å²) in [4.78, 5) is 31.0. The molecule has 0 saturated carbocycles. The Bertz CT molecular complexity index is 885. The topological polar surface area (TPSA) is 75.0 Å². The van der Waals surface area contributed by atoms with E-state index < -0.39 is 0 Å². The highest BCUT2D eigenvalue weighted by Crippen LogP contribution is 2.37. The van der Waals surface area contributed by atoms with Gasteiger partial charge in [-0.1, -0.05) is 12.8 Å². The Morgan fingerprint density at radius 1 is 1.10 bits per heavy atom. The normalized spacial score (nSPS) is 18.1. The molecule has 0 unspecified atom stereocenters. The van der Waals surface area contributed by atoms with Gasteiger partial charge in [-0.15, -0.1) is 11.3 Å². The van der Waals surface area contributed by atoms with Crippen LogP contribution in [0.5, 0.6) is 0 Å². The van der Waals surface area contributed by atoms with Crippen LogP contribution in [0.3, 0.4) is 0 Å². The van der Waals surface area contributed by atoms with E-state index in [9.17, 15) is 9.59 Å². The number of hydrogen-bond donors (Lipinski definition) is 1. The lowest BCUT2D eigenvalue weighted by Crippen LogP contribution is -2.48. The van der Waals surface area contributed by atoms with Crippen molar-refractivity contribution in [1.29, 1.82) is 0 Å². The second-order valence-corrected chi connectivity index (χ2v) is 9.40. The van der Waals surface area contributed by atoms with Gasteiger partial charge in [-0.3, -0.25) is 14.6 Å². The average molecular weight is 446 g/mol. The SMILES string of the molecule is COC(=O)c1c(NC(=O)CN2CCN(Cc3ccco3)CC2)sc2c1CCCCCC2. The number of rotatable bonds is 6. The molecule has 1 aliphatic carbocycles. The molecule has 0 bridgehead atoms. The van der Waals surface area contributed by atoms with E-state index in [4.69, 9.17) is 9.15 Å². The second-order valence-electron chi connectivity index (χ2n) is 8.29. The monoisotopic (exact) mass is 445 g/mol. The van der Waals surface area contributed by atoms with Crippen molar-refractivity contribution in [1.82, 2.24) is 9.80 Å². The largest absolute Gasteiger partial charge is 0.468 e. The number of hydrogen-bond acceptors (Lipinski definition) is 7. The van der Waals surface area contributed by atoms with Crippen molar-refractivity contribution in [2.45, 2.75) is 45.1 Å². The molecule has 2 aliphatic rings. The van der Waals surface area contributed by atoms with Gasteiger partial charge in [0.05, 0.1) is 32.0 Å². The second kappa shape index (κ2) is 10.4. The number of furan rings is 1. The van der Waals surface area contributed by atoms with Crippen LogP contribution in [0, 0.1) is 0 Å². The molecule has 1 fully saturated rings. The molecule has 168 valence electrons. The van der Waals surface area contributed by atoms with E-state index in [0.717, 1.165) is 69.7 Å². The van der Waals surface area contributed by atoms with Gasteiger partial charge in [0.15, 0.2) is 0 Å². The number of piperazine rings is 1. The molecule has 0 radical (unpaired) electrons. The van der Waals surface area contributed by atoms with Crippen LogP contribution in [0.4, 0.5) is 5.00 Å². The Morgan fingerprint density at radius 2 is 1.84 bits per heavy atom. The molecule has 0 spiro atoms. The van der Waals surface area contributed by atoms with Gasteiger partial charge in [0.1, 0.15) is 10.8 Å². The van der Waals surface area contributed by atoms with Gasteiger partial charge < -0.3 is 14.5 Å². The van der Waals surface area contributed by atoms with Gasteiger partial charge in [0.25, 0.3) is 0 Å². The third-order valence-corrected chi connectivity index (χ3v) is 7.31. The lowest BCUT2D eigenvalue weighted by atomic mass is 9.96. The summed E-state index contributed by atoms with van der Waals surface area (Å²) in [5, 5.41) is 3.68. The number of ether oxygens (including phenoxy) is 1. The number of anilines is 1. The first kappa shape index (κ1) is 22.0. The van der Waals surface area contributed by atoms with Gasteiger partial charge in [-0.05, 0) is 43.4 Å². The highest BCUT2D eigenvalue weighted by atomic mass is 32.1. The molecule has 0 aromatic carbocycles. The molecule has 8 heteroatoms. The molecular formula is C23H31N3O4S. The summed E-state index contributed by atoms with van der Waals surface area (Å²) < 4.78 is 10.5. The van der Waals surface area contributed by atoms with Gasteiger partial charge in [0, 0.05) is 31.1 Å². The molecule has 4 rings (SSSR count). The van der Waals surface area contributed by atoms with Crippen molar-refractivity contribution in [2.24, 2.45) is 0 Å². The average Bonchev–Trinajstić information content (AvgIpc) is 3.37. The van der Waals surface area contributed by atoms with Crippen LogP contribution >= 0.6 is 11.3 Å². The Balaban J connectivity index is 1.36. The number of amides is 1. The van der Waals surface area contributed by atoms with Crippen molar-refractivity contribution in [2.75, 3.05) is 45.2 Å². The molecule has 2 aromatic heterocycles. The van der Waals surface area contributed by atoms with E-state index in [0.29, 0.717) is 17.1 Å². The van der Waals surface area contributed by atoms with Gasteiger partial charge in [0.2, 0.25) is 5.91 Å². The Labute approximate surface area is 187 Å². The number of nitrogens with one attached hydrogen (secondary N) is 1. The van der Waals surface area contributed by atoms with E-state index in [1.54, 1.807) is 17.6 Å². The standard InChI is InChI=1S/C23H31N3O4S/c1-29-23(28)21-18-8-4-2-3-5-9-19(18)31-22(21)24-20(27)16-26-12-10-25(11-13-26)15-17-7-6-14-30-17/h6-7,14H,2-5,8-13,15-16H2,1H3,(H,24,27). The number of methoxy groups -OCH3 is 1. The van der Waals surface area contributed by atoms with Crippen molar-refractivity contribution < 1.29 is 18.7 Å². The molecule has 2 aromatic rings. The quantitative estimate of drug-likeness (QED) is 0.686. The zero-order valence-corrected chi connectivity index (χ0v) is 19.0. The van der Waals surface area contributed by atoms with Crippen LogP contribution < -0.4 is 5.32 Å². The van der Waals surface area contributed by atoms with E-state index in [2.05, 4.69) is 15.1 Å². The minimum absolute atomic E-state index is 0.0705. The predicted octanol–water partition coefficient (Wildman–Crippen LogP) is 3.54. The highest BCUT2D eigenvalue weighted by molar-refractivity contribution is 7.17. The smallest absolute Gasteiger partial charge is 0.341 e. The molecule has 7 nitrogen and oxygen atoms in total. The molecule has 31 heavy (non-hydrogen) atoms. The fraction of sp³-hybridized carbons (Fsp3) is 0.565.